The predicted molar refractivity (Wildman–Crippen MR) is 107 cm³/mol. The van der Waals surface area contributed by atoms with Crippen LogP contribution in [0, 0.1) is 6.92 Å². The second kappa shape index (κ2) is 7.34. The highest BCUT2D eigenvalue weighted by atomic mass is 32.1. The first-order valence-electron chi connectivity index (χ1n) is 8.49. The lowest BCUT2D eigenvalue weighted by Crippen LogP contribution is -2.13. The molecular weight excluding hydrogens is 360 g/mol. The van der Waals surface area contributed by atoms with Crippen molar-refractivity contribution in [3.8, 4) is 11.3 Å². The number of aromatic nitrogens is 1. The molecule has 136 valence electrons. The van der Waals surface area contributed by atoms with E-state index in [2.05, 4.69) is 10.3 Å². The number of fused-ring (bicyclic) bond motifs is 1. The number of nitrogens with zero attached hydrogens (tertiary/aromatic N) is 1. The van der Waals surface area contributed by atoms with E-state index in [1.165, 1.54) is 0 Å². The number of anilines is 1. The number of furan rings is 1. The first kappa shape index (κ1) is 17.5. The van der Waals surface area contributed by atoms with E-state index in [4.69, 9.17) is 9.15 Å². The Labute approximate surface area is 160 Å². The molecule has 0 saturated carbocycles. The molecule has 2 heterocycles. The highest BCUT2D eigenvalue weighted by Crippen LogP contribution is 2.28. The molecule has 5 nitrogen and oxygen atoms in total. The molecule has 0 bridgehead atoms. The van der Waals surface area contributed by atoms with E-state index in [9.17, 15) is 4.79 Å². The molecule has 0 aliphatic carbocycles. The fourth-order valence-electron chi connectivity index (χ4n) is 2.98. The van der Waals surface area contributed by atoms with Gasteiger partial charge >= 0.3 is 0 Å². The van der Waals surface area contributed by atoms with Crippen LogP contribution < -0.4 is 5.32 Å². The van der Waals surface area contributed by atoms with Crippen molar-refractivity contribution in [2.75, 3.05) is 12.4 Å². The summed E-state index contributed by atoms with van der Waals surface area (Å²) in [5.74, 6) is -0.0206. The van der Waals surface area contributed by atoms with Crippen LogP contribution in [0.25, 0.3) is 22.2 Å². The lowest BCUT2D eigenvalue weighted by molar-refractivity contribution is 0.0992. The van der Waals surface area contributed by atoms with E-state index in [1.54, 1.807) is 18.4 Å². The molecule has 1 amide bonds. The highest BCUT2D eigenvalue weighted by Gasteiger charge is 2.20. The topological polar surface area (TPSA) is 64.4 Å². The monoisotopic (exact) mass is 378 g/mol. The lowest BCUT2D eigenvalue weighted by atomic mass is 10.1. The van der Waals surface area contributed by atoms with Crippen molar-refractivity contribution >= 4 is 33.9 Å². The van der Waals surface area contributed by atoms with E-state index in [1.807, 2.05) is 60.8 Å². The largest absolute Gasteiger partial charge is 0.451 e. The third-order valence-corrected chi connectivity index (χ3v) is 5.02. The Morgan fingerprint density at radius 3 is 2.67 bits per heavy atom. The van der Waals surface area contributed by atoms with Crippen LogP contribution in [0.15, 0.2) is 58.3 Å². The Balaban J connectivity index is 1.59. The number of carbonyl (C=O) groups excluding carboxylic acids is 1. The highest BCUT2D eigenvalue weighted by molar-refractivity contribution is 7.09. The minimum Gasteiger partial charge on any atom is -0.451 e. The number of hydrogen-bond acceptors (Lipinski definition) is 5. The van der Waals surface area contributed by atoms with Gasteiger partial charge in [-0.15, -0.1) is 11.3 Å². The third kappa shape index (κ3) is 3.49. The van der Waals surface area contributed by atoms with Gasteiger partial charge in [-0.3, -0.25) is 4.79 Å². The van der Waals surface area contributed by atoms with Crippen LogP contribution in [0.2, 0.25) is 0 Å². The summed E-state index contributed by atoms with van der Waals surface area (Å²) < 4.78 is 11.0. The summed E-state index contributed by atoms with van der Waals surface area (Å²) in [5.41, 5.74) is 4.07. The maximum atomic E-state index is 12.8. The molecule has 0 saturated heterocycles. The van der Waals surface area contributed by atoms with Crippen molar-refractivity contribution in [1.82, 2.24) is 4.98 Å². The number of aryl methyl sites for hydroxylation is 1. The molecule has 4 aromatic rings. The smallest absolute Gasteiger partial charge is 0.291 e. The molecule has 0 spiro atoms. The van der Waals surface area contributed by atoms with Gasteiger partial charge in [0.25, 0.3) is 5.91 Å². The number of ether oxygens (including phenoxy) is 1. The van der Waals surface area contributed by atoms with E-state index in [0.29, 0.717) is 17.9 Å². The van der Waals surface area contributed by atoms with Gasteiger partial charge in [0.2, 0.25) is 0 Å². The molecule has 0 atom stereocenters. The maximum absolute atomic E-state index is 12.8. The summed E-state index contributed by atoms with van der Waals surface area (Å²) >= 11 is 1.61. The summed E-state index contributed by atoms with van der Waals surface area (Å²) in [7, 11) is 1.60. The molecule has 0 fully saturated rings. The minimum atomic E-state index is -0.296. The van der Waals surface area contributed by atoms with Crippen LogP contribution in [0.1, 0.15) is 21.1 Å². The van der Waals surface area contributed by atoms with Crippen molar-refractivity contribution in [3.05, 3.63) is 70.2 Å². The normalized spacial score (nSPS) is 11.0. The van der Waals surface area contributed by atoms with Crippen LogP contribution in [0.4, 0.5) is 5.69 Å². The minimum absolute atomic E-state index is 0.275. The van der Waals surface area contributed by atoms with Crippen molar-refractivity contribution < 1.29 is 13.9 Å². The fourth-order valence-corrected chi connectivity index (χ4v) is 3.60. The summed E-state index contributed by atoms with van der Waals surface area (Å²) in [5, 5.41) is 6.83. The van der Waals surface area contributed by atoms with E-state index in [0.717, 1.165) is 27.2 Å². The number of nitrogens with one attached hydrogen (secondary N) is 1. The van der Waals surface area contributed by atoms with Crippen molar-refractivity contribution in [2.45, 2.75) is 13.5 Å². The molecule has 2 aromatic heterocycles. The first-order valence-corrected chi connectivity index (χ1v) is 9.37. The predicted octanol–water partition coefficient (Wildman–Crippen LogP) is 5.26. The summed E-state index contributed by atoms with van der Waals surface area (Å²) in [6.45, 7) is 2.29. The van der Waals surface area contributed by atoms with Gasteiger partial charge in [-0.25, -0.2) is 4.98 Å². The quantitative estimate of drug-likeness (QED) is 0.514. The number of carbonyl (C=O) groups is 1. The second-order valence-corrected chi connectivity index (χ2v) is 7.18. The molecule has 4 rings (SSSR count). The molecule has 0 aliphatic heterocycles. The van der Waals surface area contributed by atoms with Gasteiger partial charge < -0.3 is 14.5 Å². The number of amides is 1. The van der Waals surface area contributed by atoms with Crippen molar-refractivity contribution in [3.63, 3.8) is 0 Å². The standard InChI is InChI=1S/C21H18N2O3S/c1-13-22-18(12-27-13)14-7-9-15(10-8-14)23-21(24)20-17(11-25-2)16-5-3-4-6-19(16)26-20/h3-10,12H,11H2,1-2H3,(H,23,24). The summed E-state index contributed by atoms with van der Waals surface area (Å²) in [6, 6.07) is 15.2. The molecule has 1 N–H and O–H groups in total. The zero-order chi connectivity index (χ0) is 18.8. The number of rotatable bonds is 5. The Bertz CT molecular complexity index is 1100. The Morgan fingerprint density at radius 1 is 1.19 bits per heavy atom. The van der Waals surface area contributed by atoms with E-state index in [-0.39, 0.29) is 11.7 Å². The number of hydrogen-bond donors (Lipinski definition) is 1. The lowest BCUT2D eigenvalue weighted by Gasteiger charge is -2.06. The Morgan fingerprint density at radius 2 is 1.96 bits per heavy atom. The van der Waals surface area contributed by atoms with Gasteiger partial charge in [-0.1, -0.05) is 30.3 Å². The third-order valence-electron chi connectivity index (χ3n) is 4.25. The second-order valence-electron chi connectivity index (χ2n) is 6.12. The van der Waals surface area contributed by atoms with Crippen LogP contribution in [0.3, 0.4) is 0 Å². The number of benzene rings is 2. The maximum Gasteiger partial charge on any atom is 0.291 e. The molecule has 6 heteroatoms. The molecule has 0 aliphatic rings. The van der Waals surface area contributed by atoms with Gasteiger partial charge in [0.05, 0.1) is 17.3 Å². The van der Waals surface area contributed by atoms with Crippen LogP contribution in [-0.2, 0) is 11.3 Å². The van der Waals surface area contributed by atoms with Gasteiger partial charge in [-0.2, -0.15) is 0 Å². The van der Waals surface area contributed by atoms with E-state index < -0.39 is 0 Å². The summed E-state index contributed by atoms with van der Waals surface area (Å²) in [4.78, 5) is 17.2. The fraction of sp³-hybridized carbons (Fsp3) is 0.143. The average molecular weight is 378 g/mol. The number of thiazole rings is 1. The molecule has 0 unspecified atom stereocenters. The molecule has 0 radical (unpaired) electrons. The van der Waals surface area contributed by atoms with Crippen molar-refractivity contribution in [1.29, 1.82) is 0 Å². The summed E-state index contributed by atoms with van der Waals surface area (Å²) in [6.07, 6.45) is 0. The molecule has 27 heavy (non-hydrogen) atoms. The SMILES string of the molecule is COCc1c(C(=O)Nc2ccc(-c3csc(C)n3)cc2)oc2ccccc12. The Hall–Kier alpha value is -2.96. The average Bonchev–Trinajstić information content (AvgIpc) is 3.27. The number of methoxy groups -OCH3 is 1. The Kier molecular flexibility index (Phi) is 4.75. The van der Waals surface area contributed by atoms with Gasteiger partial charge in [0, 0.05) is 34.7 Å². The van der Waals surface area contributed by atoms with Crippen LogP contribution >= 0.6 is 11.3 Å². The zero-order valence-electron chi connectivity index (χ0n) is 15.0. The van der Waals surface area contributed by atoms with Gasteiger partial charge in [0.1, 0.15) is 5.58 Å². The van der Waals surface area contributed by atoms with Gasteiger partial charge in [-0.05, 0) is 25.1 Å². The zero-order valence-corrected chi connectivity index (χ0v) is 15.8. The van der Waals surface area contributed by atoms with E-state index >= 15 is 0 Å². The molecule has 2 aromatic carbocycles. The molecular formula is C21H18N2O3S. The van der Waals surface area contributed by atoms with Crippen LogP contribution in [0.5, 0.6) is 0 Å². The first-order chi connectivity index (χ1) is 13.2. The van der Waals surface area contributed by atoms with Gasteiger partial charge in [0.15, 0.2) is 5.76 Å². The van der Waals surface area contributed by atoms with Crippen molar-refractivity contribution in [2.24, 2.45) is 0 Å². The van der Waals surface area contributed by atoms with Crippen LogP contribution in [-0.4, -0.2) is 18.0 Å². The number of para-hydroxylation sites is 1.